The molecule has 8 heteroatoms. The molecule has 0 unspecified atom stereocenters. The number of esters is 1. The molecule has 0 aliphatic carbocycles. The van der Waals surface area contributed by atoms with Gasteiger partial charge in [-0.05, 0) is 25.1 Å². The van der Waals surface area contributed by atoms with E-state index in [1.807, 2.05) is 42.5 Å². The van der Waals surface area contributed by atoms with Gasteiger partial charge in [0.05, 0.1) is 24.5 Å². The zero-order valence-corrected chi connectivity index (χ0v) is 17.0. The van der Waals surface area contributed by atoms with Crippen LogP contribution in [0, 0.1) is 0 Å². The van der Waals surface area contributed by atoms with Crippen molar-refractivity contribution >= 4 is 35.2 Å². The number of fused-ring (bicyclic) bond motifs is 1. The normalized spacial score (nSPS) is 16.2. The van der Waals surface area contributed by atoms with Crippen molar-refractivity contribution in [2.75, 3.05) is 12.4 Å². The number of nitrogens with one attached hydrogen (secondary N) is 2. The summed E-state index contributed by atoms with van der Waals surface area (Å²) in [4.78, 5) is 37.6. The second-order valence-electron chi connectivity index (χ2n) is 6.46. The van der Waals surface area contributed by atoms with Crippen LogP contribution in [0.4, 0.5) is 5.69 Å². The summed E-state index contributed by atoms with van der Waals surface area (Å²) in [6, 6.07) is 14.7. The van der Waals surface area contributed by atoms with Crippen LogP contribution in [0.3, 0.4) is 0 Å². The Balaban J connectivity index is 1.50. The van der Waals surface area contributed by atoms with E-state index in [1.54, 1.807) is 13.2 Å². The maximum Gasteiger partial charge on any atom is 0.308 e. The van der Waals surface area contributed by atoms with Crippen LogP contribution in [0.1, 0.15) is 18.9 Å². The maximum absolute atomic E-state index is 12.3. The lowest BCUT2D eigenvalue weighted by Crippen LogP contribution is -2.37. The van der Waals surface area contributed by atoms with Crippen molar-refractivity contribution in [2.45, 2.75) is 36.1 Å². The van der Waals surface area contributed by atoms with Crippen LogP contribution in [0.5, 0.6) is 5.75 Å². The molecule has 0 fully saturated rings. The first-order valence-corrected chi connectivity index (χ1v) is 10.0. The monoisotopic (exact) mass is 414 g/mol. The number of methoxy groups -OCH3 is 1. The Morgan fingerprint density at radius 3 is 2.69 bits per heavy atom. The van der Waals surface area contributed by atoms with E-state index in [1.165, 1.54) is 18.7 Å². The molecule has 0 saturated heterocycles. The van der Waals surface area contributed by atoms with Gasteiger partial charge < -0.3 is 20.1 Å². The molecule has 0 radical (unpaired) electrons. The smallest absolute Gasteiger partial charge is 0.308 e. The molecule has 29 heavy (non-hydrogen) atoms. The number of ether oxygens (including phenoxy) is 2. The molecule has 2 atom stereocenters. The molecule has 1 aliphatic heterocycles. The van der Waals surface area contributed by atoms with Gasteiger partial charge in [0.15, 0.2) is 6.10 Å². The van der Waals surface area contributed by atoms with E-state index >= 15 is 0 Å². The average molecular weight is 414 g/mol. The fraction of sp³-hybridized carbons (Fsp3) is 0.286. The number of carbonyl (C=O) groups excluding carboxylic acids is 3. The van der Waals surface area contributed by atoms with E-state index in [9.17, 15) is 14.4 Å². The second-order valence-corrected chi connectivity index (χ2v) is 7.70. The largest absolute Gasteiger partial charge is 0.496 e. The summed E-state index contributed by atoms with van der Waals surface area (Å²) in [5.74, 6) is -0.607. The third-order valence-electron chi connectivity index (χ3n) is 4.38. The van der Waals surface area contributed by atoms with Gasteiger partial charge >= 0.3 is 5.97 Å². The molecule has 0 saturated carbocycles. The Morgan fingerprint density at radius 2 is 1.90 bits per heavy atom. The lowest BCUT2D eigenvalue weighted by Gasteiger charge is -2.23. The van der Waals surface area contributed by atoms with Crippen LogP contribution >= 0.6 is 11.8 Å². The molecule has 7 nitrogen and oxygen atoms in total. The van der Waals surface area contributed by atoms with Crippen LogP contribution in [-0.2, 0) is 25.7 Å². The second kappa shape index (κ2) is 9.47. The predicted octanol–water partition coefficient (Wildman–Crippen LogP) is 2.75. The Labute approximate surface area is 173 Å². The van der Waals surface area contributed by atoms with Crippen molar-refractivity contribution < 1.29 is 23.9 Å². The van der Waals surface area contributed by atoms with E-state index in [-0.39, 0.29) is 18.9 Å². The molecule has 3 rings (SSSR count). The number of benzene rings is 2. The Morgan fingerprint density at radius 1 is 1.17 bits per heavy atom. The fourth-order valence-corrected chi connectivity index (χ4v) is 3.95. The molecule has 0 aromatic heterocycles. The van der Waals surface area contributed by atoms with Gasteiger partial charge in [-0.15, -0.1) is 11.8 Å². The van der Waals surface area contributed by atoms with E-state index in [0.717, 1.165) is 16.1 Å². The third-order valence-corrected chi connectivity index (χ3v) is 5.66. The highest BCUT2D eigenvalue weighted by Crippen LogP contribution is 2.36. The van der Waals surface area contributed by atoms with Crippen molar-refractivity contribution in [1.82, 2.24) is 5.32 Å². The summed E-state index contributed by atoms with van der Waals surface area (Å²) >= 11 is 1.31. The van der Waals surface area contributed by atoms with E-state index in [4.69, 9.17) is 9.47 Å². The number of thioether (sulfide) groups is 1. The quantitative estimate of drug-likeness (QED) is 0.677. The average Bonchev–Trinajstić information content (AvgIpc) is 2.72. The van der Waals surface area contributed by atoms with Gasteiger partial charge in [0.2, 0.25) is 5.91 Å². The van der Waals surface area contributed by atoms with Gasteiger partial charge in [-0.3, -0.25) is 14.4 Å². The number of amides is 2. The van der Waals surface area contributed by atoms with Gasteiger partial charge in [-0.1, -0.05) is 30.3 Å². The van der Waals surface area contributed by atoms with Crippen molar-refractivity contribution in [1.29, 1.82) is 0 Å². The maximum atomic E-state index is 12.3. The minimum atomic E-state index is -0.971. The Hall–Kier alpha value is -3.00. The lowest BCUT2D eigenvalue weighted by atomic mass is 10.2. The molecule has 2 aromatic rings. The van der Waals surface area contributed by atoms with Crippen molar-refractivity contribution in [3.05, 3.63) is 54.1 Å². The zero-order valence-electron chi connectivity index (χ0n) is 16.1. The third kappa shape index (κ3) is 5.29. The first-order valence-electron chi connectivity index (χ1n) is 9.13. The highest BCUT2D eigenvalue weighted by atomic mass is 32.2. The standard InChI is InChI=1S/C21H22N2O5S/c1-13(20(25)22-12-14-7-3-5-9-16(14)27-2)28-19(24)11-18-21(26)23-15-8-4-6-10-17(15)29-18/h3-10,13,18H,11-12H2,1-2H3,(H,22,25)(H,23,26)/t13-,18-/m0/s1. The summed E-state index contributed by atoms with van der Waals surface area (Å²) in [5.41, 5.74) is 1.55. The minimum Gasteiger partial charge on any atom is -0.496 e. The molecule has 152 valence electrons. The number of hydrogen-bond acceptors (Lipinski definition) is 6. The van der Waals surface area contributed by atoms with Crippen LogP contribution in [-0.4, -0.2) is 36.2 Å². The van der Waals surface area contributed by atoms with Gasteiger partial charge in [-0.25, -0.2) is 0 Å². The number of anilines is 1. The molecule has 1 aliphatic rings. The lowest BCUT2D eigenvalue weighted by molar-refractivity contribution is -0.155. The van der Waals surface area contributed by atoms with Gasteiger partial charge in [-0.2, -0.15) is 0 Å². The molecule has 1 heterocycles. The highest BCUT2D eigenvalue weighted by Gasteiger charge is 2.30. The SMILES string of the molecule is COc1ccccc1CNC(=O)[C@H](C)OC(=O)C[C@@H]1Sc2ccccc2NC1=O. The van der Waals surface area contributed by atoms with Crippen LogP contribution < -0.4 is 15.4 Å². The molecule has 2 aromatic carbocycles. The molecular weight excluding hydrogens is 392 g/mol. The first-order chi connectivity index (χ1) is 14.0. The predicted molar refractivity (Wildman–Crippen MR) is 110 cm³/mol. The molecule has 0 bridgehead atoms. The van der Waals surface area contributed by atoms with Crippen LogP contribution in [0.15, 0.2) is 53.4 Å². The summed E-state index contributed by atoms with van der Waals surface area (Å²) in [7, 11) is 1.56. The topological polar surface area (TPSA) is 93.7 Å². The number of rotatable bonds is 7. The number of para-hydroxylation sites is 2. The number of hydrogen-bond donors (Lipinski definition) is 2. The fourth-order valence-electron chi connectivity index (χ4n) is 2.85. The summed E-state index contributed by atoms with van der Waals surface area (Å²) in [6.45, 7) is 1.75. The van der Waals surface area contributed by atoms with Crippen molar-refractivity contribution in [3.8, 4) is 5.75 Å². The minimum absolute atomic E-state index is 0.116. The Bertz CT molecular complexity index is 917. The van der Waals surface area contributed by atoms with E-state index in [2.05, 4.69) is 10.6 Å². The van der Waals surface area contributed by atoms with Gasteiger partial charge in [0.1, 0.15) is 5.75 Å². The van der Waals surface area contributed by atoms with Gasteiger partial charge in [0, 0.05) is 17.0 Å². The first kappa shape index (κ1) is 20.7. The summed E-state index contributed by atoms with van der Waals surface area (Å²) in [5, 5.41) is 4.91. The molecule has 0 spiro atoms. The Kier molecular flexibility index (Phi) is 6.77. The molecular formula is C21H22N2O5S. The highest BCUT2D eigenvalue weighted by molar-refractivity contribution is 8.01. The number of carbonyl (C=O) groups is 3. The summed E-state index contributed by atoms with van der Waals surface area (Å²) < 4.78 is 10.5. The van der Waals surface area contributed by atoms with Crippen LogP contribution in [0.2, 0.25) is 0 Å². The van der Waals surface area contributed by atoms with E-state index < -0.39 is 23.2 Å². The van der Waals surface area contributed by atoms with Crippen molar-refractivity contribution in [2.24, 2.45) is 0 Å². The van der Waals surface area contributed by atoms with Gasteiger partial charge in [0.25, 0.3) is 5.91 Å². The van der Waals surface area contributed by atoms with Crippen molar-refractivity contribution in [3.63, 3.8) is 0 Å². The summed E-state index contributed by atoms with van der Waals surface area (Å²) in [6.07, 6.45) is -1.09. The zero-order chi connectivity index (χ0) is 20.8. The molecule has 2 amide bonds. The van der Waals surface area contributed by atoms with Crippen LogP contribution in [0.25, 0.3) is 0 Å². The van der Waals surface area contributed by atoms with E-state index in [0.29, 0.717) is 5.75 Å². The molecule has 2 N–H and O–H groups in total.